The molecule has 2 amide bonds. The molecule has 0 saturated carbocycles. The summed E-state index contributed by atoms with van der Waals surface area (Å²) in [6.07, 6.45) is 1.02. The van der Waals surface area contributed by atoms with Crippen molar-refractivity contribution in [1.82, 2.24) is 10.2 Å². The van der Waals surface area contributed by atoms with E-state index in [1.807, 2.05) is 25.9 Å². The Morgan fingerprint density at radius 1 is 1.13 bits per heavy atom. The minimum atomic E-state index is -0.688. The van der Waals surface area contributed by atoms with E-state index < -0.39 is 11.8 Å². The van der Waals surface area contributed by atoms with E-state index >= 15 is 0 Å². The SMILES string of the molecule is CCOc1ccc(NC(=O)C(=O)NC[C@@H](c2ccc3c(c2)CCN3C)N(C)C)cc1. The van der Waals surface area contributed by atoms with Gasteiger partial charge in [0.2, 0.25) is 0 Å². The lowest BCUT2D eigenvalue weighted by Gasteiger charge is -2.26. The van der Waals surface area contributed by atoms with Gasteiger partial charge in [-0.15, -0.1) is 0 Å². The summed E-state index contributed by atoms with van der Waals surface area (Å²) in [5.41, 5.74) is 4.25. The molecule has 0 unspecified atom stereocenters. The second-order valence-electron chi connectivity index (χ2n) is 7.66. The average molecular weight is 411 g/mol. The lowest BCUT2D eigenvalue weighted by atomic mass is 10.0. The number of benzene rings is 2. The summed E-state index contributed by atoms with van der Waals surface area (Å²) in [6, 6.07) is 13.3. The number of nitrogens with one attached hydrogen (secondary N) is 2. The van der Waals surface area contributed by atoms with E-state index in [0.29, 0.717) is 24.6 Å². The van der Waals surface area contributed by atoms with E-state index in [0.717, 1.165) is 18.5 Å². The van der Waals surface area contributed by atoms with Crippen molar-refractivity contribution in [3.63, 3.8) is 0 Å². The van der Waals surface area contributed by atoms with Crippen molar-refractivity contribution in [1.29, 1.82) is 0 Å². The molecule has 7 heteroatoms. The summed E-state index contributed by atoms with van der Waals surface area (Å²) in [5.74, 6) is -0.627. The van der Waals surface area contributed by atoms with Crippen LogP contribution >= 0.6 is 0 Å². The van der Waals surface area contributed by atoms with Crippen LogP contribution in [0.25, 0.3) is 0 Å². The zero-order valence-corrected chi connectivity index (χ0v) is 18.1. The molecule has 0 aliphatic carbocycles. The highest BCUT2D eigenvalue weighted by molar-refractivity contribution is 6.39. The Balaban J connectivity index is 1.59. The number of nitrogens with zero attached hydrogens (tertiary/aromatic N) is 2. The number of fused-ring (bicyclic) bond motifs is 1. The van der Waals surface area contributed by atoms with E-state index in [9.17, 15) is 9.59 Å². The van der Waals surface area contributed by atoms with Gasteiger partial charge in [0.05, 0.1) is 12.6 Å². The molecule has 0 radical (unpaired) electrons. The van der Waals surface area contributed by atoms with Crippen molar-refractivity contribution in [3.05, 3.63) is 53.6 Å². The van der Waals surface area contributed by atoms with Crippen LogP contribution in [-0.2, 0) is 16.0 Å². The number of amides is 2. The van der Waals surface area contributed by atoms with Crippen LogP contribution in [0.3, 0.4) is 0 Å². The standard InChI is InChI=1S/C23H30N4O3/c1-5-30-19-9-7-18(8-10-19)25-23(29)22(28)24-15-21(26(2)3)16-6-11-20-17(14-16)12-13-27(20)4/h6-11,14,21H,5,12-13,15H2,1-4H3,(H,24,28)(H,25,29)/t21-/m0/s1. The van der Waals surface area contributed by atoms with Gasteiger partial charge >= 0.3 is 11.8 Å². The Kier molecular flexibility index (Phi) is 6.95. The highest BCUT2D eigenvalue weighted by Crippen LogP contribution is 2.30. The Morgan fingerprint density at radius 2 is 1.87 bits per heavy atom. The van der Waals surface area contributed by atoms with Gasteiger partial charge in [-0.3, -0.25) is 9.59 Å². The van der Waals surface area contributed by atoms with Crippen molar-refractivity contribution < 1.29 is 14.3 Å². The van der Waals surface area contributed by atoms with Gasteiger partial charge < -0.3 is 25.2 Å². The summed E-state index contributed by atoms with van der Waals surface area (Å²) >= 11 is 0. The monoisotopic (exact) mass is 410 g/mol. The Hall–Kier alpha value is -3.06. The molecule has 1 aliphatic rings. The zero-order chi connectivity index (χ0) is 21.7. The number of hydrogen-bond acceptors (Lipinski definition) is 5. The fourth-order valence-corrected chi connectivity index (χ4v) is 3.65. The van der Waals surface area contributed by atoms with Crippen LogP contribution in [0.5, 0.6) is 5.75 Å². The first kappa shape index (κ1) is 21.6. The number of likely N-dealkylation sites (N-methyl/N-ethyl adjacent to an activating group) is 2. The van der Waals surface area contributed by atoms with E-state index in [1.165, 1.54) is 11.3 Å². The molecule has 0 aromatic heterocycles. The van der Waals surface area contributed by atoms with E-state index in [2.05, 4.69) is 40.8 Å². The number of ether oxygens (including phenoxy) is 1. The molecule has 0 bridgehead atoms. The molecule has 1 heterocycles. The predicted molar refractivity (Wildman–Crippen MR) is 119 cm³/mol. The third-order valence-corrected chi connectivity index (χ3v) is 5.32. The van der Waals surface area contributed by atoms with Gasteiger partial charge in [-0.1, -0.05) is 12.1 Å². The van der Waals surface area contributed by atoms with Crippen LogP contribution < -0.4 is 20.3 Å². The molecular formula is C23H30N4O3. The van der Waals surface area contributed by atoms with Crippen molar-refractivity contribution in [3.8, 4) is 5.75 Å². The summed E-state index contributed by atoms with van der Waals surface area (Å²) in [4.78, 5) is 28.9. The molecule has 7 nitrogen and oxygen atoms in total. The van der Waals surface area contributed by atoms with E-state index in [4.69, 9.17) is 4.74 Å². The Labute approximate surface area is 178 Å². The van der Waals surface area contributed by atoms with E-state index in [-0.39, 0.29) is 6.04 Å². The molecule has 0 fully saturated rings. The molecule has 0 spiro atoms. The zero-order valence-electron chi connectivity index (χ0n) is 18.1. The third-order valence-electron chi connectivity index (χ3n) is 5.32. The molecule has 1 aliphatic heterocycles. The number of hydrogen-bond donors (Lipinski definition) is 2. The minimum Gasteiger partial charge on any atom is -0.494 e. The molecule has 3 rings (SSSR count). The number of rotatable bonds is 7. The van der Waals surface area contributed by atoms with Gasteiger partial charge in [-0.2, -0.15) is 0 Å². The highest BCUT2D eigenvalue weighted by Gasteiger charge is 2.22. The maximum absolute atomic E-state index is 12.3. The van der Waals surface area contributed by atoms with Crippen LogP contribution in [0.2, 0.25) is 0 Å². The minimum absolute atomic E-state index is 0.0246. The van der Waals surface area contributed by atoms with Crippen LogP contribution in [-0.4, -0.2) is 57.6 Å². The highest BCUT2D eigenvalue weighted by atomic mass is 16.5. The normalized spacial score (nSPS) is 13.7. The fourth-order valence-electron chi connectivity index (χ4n) is 3.65. The van der Waals surface area contributed by atoms with E-state index in [1.54, 1.807) is 24.3 Å². The fraction of sp³-hybridized carbons (Fsp3) is 0.391. The molecule has 160 valence electrons. The molecule has 1 atom stereocenters. The van der Waals surface area contributed by atoms with Gasteiger partial charge in [-0.05, 0) is 68.9 Å². The maximum atomic E-state index is 12.3. The average Bonchev–Trinajstić information content (AvgIpc) is 3.09. The van der Waals surface area contributed by atoms with Gasteiger partial charge in [0, 0.05) is 31.5 Å². The van der Waals surface area contributed by atoms with Crippen LogP contribution in [0, 0.1) is 0 Å². The van der Waals surface area contributed by atoms with Gasteiger partial charge in [0.1, 0.15) is 5.75 Å². The van der Waals surface area contributed by atoms with Gasteiger partial charge in [-0.25, -0.2) is 0 Å². The molecule has 2 N–H and O–H groups in total. The predicted octanol–water partition coefficient (Wildman–Crippen LogP) is 2.44. The number of anilines is 2. The number of carbonyl (C=O) groups is 2. The second-order valence-corrected chi connectivity index (χ2v) is 7.66. The maximum Gasteiger partial charge on any atom is 0.313 e. The first-order chi connectivity index (χ1) is 14.4. The summed E-state index contributed by atoms with van der Waals surface area (Å²) < 4.78 is 5.38. The molecular weight excluding hydrogens is 380 g/mol. The van der Waals surface area contributed by atoms with Crippen molar-refractivity contribution in [2.24, 2.45) is 0 Å². The lowest BCUT2D eigenvalue weighted by molar-refractivity contribution is -0.136. The molecule has 30 heavy (non-hydrogen) atoms. The lowest BCUT2D eigenvalue weighted by Crippen LogP contribution is -2.40. The van der Waals surface area contributed by atoms with Crippen LogP contribution in [0.1, 0.15) is 24.1 Å². The molecule has 2 aromatic carbocycles. The van der Waals surface area contributed by atoms with Crippen LogP contribution in [0.4, 0.5) is 11.4 Å². The van der Waals surface area contributed by atoms with Crippen LogP contribution in [0.15, 0.2) is 42.5 Å². The van der Waals surface area contributed by atoms with Crippen molar-refractivity contribution in [2.75, 3.05) is 51.1 Å². The first-order valence-corrected chi connectivity index (χ1v) is 10.2. The third kappa shape index (κ3) is 5.10. The summed E-state index contributed by atoms with van der Waals surface area (Å²) in [6.45, 7) is 3.84. The molecule has 2 aromatic rings. The molecule has 0 saturated heterocycles. The van der Waals surface area contributed by atoms with Crippen molar-refractivity contribution in [2.45, 2.75) is 19.4 Å². The topological polar surface area (TPSA) is 73.9 Å². The summed E-state index contributed by atoms with van der Waals surface area (Å²) in [7, 11) is 6.03. The van der Waals surface area contributed by atoms with Gasteiger partial charge in [0.25, 0.3) is 0 Å². The number of carbonyl (C=O) groups excluding carboxylic acids is 2. The van der Waals surface area contributed by atoms with Crippen molar-refractivity contribution >= 4 is 23.2 Å². The quantitative estimate of drug-likeness (QED) is 0.686. The Bertz CT molecular complexity index is 896. The largest absolute Gasteiger partial charge is 0.494 e. The second kappa shape index (κ2) is 9.63. The smallest absolute Gasteiger partial charge is 0.313 e. The Morgan fingerprint density at radius 3 is 2.53 bits per heavy atom. The first-order valence-electron chi connectivity index (χ1n) is 10.2. The summed E-state index contributed by atoms with van der Waals surface area (Å²) in [5, 5.41) is 5.38. The van der Waals surface area contributed by atoms with Gasteiger partial charge in [0.15, 0.2) is 0 Å².